The quantitative estimate of drug-likeness (QED) is 0.228. The van der Waals surface area contributed by atoms with E-state index < -0.39 is 24.4 Å². The first-order valence-corrected chi connectivity index (χ1v) is 11.5. The van der Waals surface area contributed by atoms with Gasteiger partial charge in [-0.1, -0.05) is 121 Å². The van der Waals surface area contributed by atoms with Crippen molar-refractivity contribution in [3.05, 3.63) is 144 Å². The topological polar surface area (TPSA) is 80.9 Å². The van der Waals surface area contributed by atoms with Gasteiger partial charge in [0.15, 0.2) is 0 Å². The SMILES string of the molecule is OC(CC(O)c1ccccc1)c1ccccc1.OC(CC(O)c1ccccc1)c1ccccc1.[Ni]. The predicted molar refractivity (Wildman–Crippen MR) is 135 cm³/mol. The largest absolute Gasteiger partial charge is 0.388 e. The molecule has 0 aliphatic rings. The number of aliphatic hydroxyl groups excluding tert-OH is 4. The van der Waals surface area contributed by atoms with Gasteiger partial charge in [0.2, 0.25) is 0 Å². The van der Waals surface area contributed by atoms with E-state index in [0.717, 1.165) is 22.3 Å². The van der Waals surface area contributed by atoms with Gasteiger partial charge in [-0.05, 0) is 22.3 Å². The predicted octanol–water partition coefficient (Wildman–Crippen LogP) is 5.68. The van der Waals surface area contributed by atoms with Gasteiger partial charge in [-0.2, -0.15) is 0 Å². The average molecular weight is 515 g/mol. The molecule has 35 heavy (non-hydrogen) atoms. The molecule has 0 spiro atoms. The Balaban J connectivity index is 0.000000240. The first kappa shape index (κ1) is 28.5. The van der Waals surface area contributed by atoms with E-state index in [1.54, 1.807) is 0 Å². The summed E-state index contributed by atoms with van der Waals surface area (Å²) in [5.41, 5.74) is 3.34. The van der Waals surface area contributed by atoms with Crippen molar-refractivity contribution in [3.63, 3.8) is 0 Å². The van der Waals surface area contributed by atoms with Gasteiger partial charge in [0.25, 0.3) is 0 Å². The smallest absolute Gasteiger partial charge is 0.0818 e. The number of hydrogen-bond acceptors (Lipinski definition) is 4. The monoisotopic (exact) mass is 514 g/mol. The summed E-state index contributed by atoms with van der Waals surface area (Å²) in [6.07, 6.45) is -1.90. The van der Waals surface area contributed by atoms with Crippen LogP contribution in [0.25, 0.3) is 0 Å². The van der Waals surface area contributed by atoms with Gasteiger partial charge in [-0.25, -0.2) is 0 Å². The summed E-state index contributed by atoms with van der Waals surface area (Å²) < 4.78 is 0. The molecule has 4 aromatic rings. The summed E-state index contributed by atoms with van der Waals surface area (Å²) in [7, 11) is 0. The Kier molecular flexibility index (Phi) is 12.4. The molecule has 0 aliphatic heterocycles. The second-order valence-electron chi connectivity index (χ2n) is 8.18. The van der Waals surface area contributed by atoms with E-state index in [9.17, 15) is 20.4 Å². The maximum atomic E-state index is 9.99. The third-order valence-electron chi connectivity index (χ3n) is 5.63. The fourth-order valence-corrected chi connectivity index (χ4v) is 3.67. The zero-order valence-electron chi connectivity index (χ0n) is 19.4. The molecule has 0 saturated carbocycles. The molecule has 0 saturated heterocycles. The average Bonchev–Trinajstić information content (AvgIpc) is 2.91. The molecular weight excluding hydrogens is 483 g/mol. The third kappa shape index (κ3) is 9.41. The molecule has 4 nitrogen and oxygen atoms in total. The van der Waals surface area contributed by atoms with E-state index in [-0.39, 0.29) is 16.5 Å². The van der Waals surface area contributed by atoms with Gasteiger partial charge in [0.05, 0.1) is 24.4 Å². The molecule has 4 aromatic carbocycles. The molecule has 0 heterocycles. The molecule has 0 radical (unpaired) electrons. The summed E-state index contributed by atoms with van der Waals surface area (Å²) in [6, 6.07) is 37.6. The first-order chi connectivity index (χ1) is 16.5. The molecule has 0 fully saturated rings. The van der Waals surface area contributed by atoms with Crippen LogP contribution in [-0.4, -0.2) is 20.4 Å². The maximum Gasteiger partial charge on any atom is 0.0818 e. The maximum absolute atomic E-state index is 9.99. The number of hydrogen-bond donors (Lipinski definition) is 4. The third-order valence-corrected chi connectivity index (χ3v) is 5.63. The minimum Gasteiger partial charge on any atom is -0.388 e. The van der Waals surface area contributed by atoms with Gasteiger partial charge < -0.3 is 20.4 Å². The molecule has 5 heteroatoms. The summed E-state index contributed by atoms with van der Waals surface area (Å²) in [6.45, 7) is 0. The number of rotatable bonds is 8. The molecule has 0 aliphatic carbocycles. The van der Waals surface area contributed by atoms with Crippen LogP contribution in [0.15, 0.2) is 121 Å². The summed E-state index contributed by atoms with van der Waals surface area (Å²) in [5, 5.41) is 40.0. The Labute approximate surface area is 217 Å². The van der Waals surface area contributed by atoms with Crippen LogP contribution in [0.3, 0.4) is 0 Å². The van der Waals surface area contributed by atoms with Gasteiger partial charge in [0.1, 0.15) is 0 Å². The van der Waals surface area contributed by atoms with Crippen molar-refractivity contribution in [3.8, 4) is 0 Å². The van der Waals surface area contributed by atoms with Crippen LogP contribution in [0.5, 0.6) is 0 Å². The van der Waals surface area contributed by atoms with Crippen LogP contribution in [0, 0.1) is 0 Å². The molecule has 0 aromatic heterocycles. The fraction of sp³-hybridized carbons (Fsp3) is 0.200. The molecule has 4 rings (SSSR count). The first-order valence-electron chi connectivity index (χ1n) is 11.5. The molecular formula is C30H32NiO4. The van der Waals surface area contributed by atoms with E-state index in [1.165, 1.54) is 0 Å². The fourth-order valence-electron chi connectivity index (χ4n) is 3.67. The summed E-state index contributed by atoms with van der Waals surface area (Å²) in [5.74, 6) is 0. The summed E-state index contributed by atoms with van der Waals surface area (Å²) in [4.78, 5) is 0. The van der Waals surface area contributed by atoms with Crippen molar-refractivity contribution >= 4 is 0 Å². The van der Waals surface area contributed by atoms with Crippen LogP contribution in [0.2, 0.25) is 0 Å². The van der Waals surface area contributed by atoms with Crippen LogP contribution < -0.4 is 0 Å². The summed E-state index contributed by atoms with van der Waals surface area (Å²) >= 11 is 0. The van der Waals surface area contributed by atoms with Crippen molar-refractivity contribution in [2.24, 2.45) is 0 Å². The zero-order chi connectivity index (χ0) is 24.2. The molecule has 4 N–H and O–H groups in total. The van der Waals surface area contributed by atoms with E-state index in [4.69, 9.17) is 0 Å². The van der Waals surface area contributed by atoms with E-state index in [1.807, 2.05) is 121 Å². The van der Waals surface area contributed by atoms with Crippen LogP contribution >= 0.6 is 0 Å². The van der Waals surface area contributed by atoms with Gasteiger partial charge in [0, 0.05) is 29.3 Å². The molecule has 4 atom stereocenters. The molecule has 0 bridgehead atoms. The Morgan fingerprint density at radius 3 is 0.686 bits per heavy atom. The standard InChI is InChI=1S/2C15H16O2.Ni/c2*16-14(12-7-3-1-4-8-12)11-15(17)13-9-5-2-6-10-13;/h2*1-10,14-17H,11H2;. The Bertz CT molecular complexity index is 887. The Morgan fingerprint density at radius 2 is 0.514 bits per heavy atom. The van der Waals surface area contributed by atoms with Crippen LogP contribution in [0.4, 0.5) is 0 Å². The minimum absolute atomic E-state index is 0. The zero-order valence-corrected chi connectivity index (χ0v) is 20.4. The van der Waals surface area contributed by atoms with Crippen molar-refractivity contribution in [1.29, 1.82) is 0 Å². The normalized spacial score (nSPS) is 13.8. The second-order valence-corrected chi connectivity index (χ2v) is 8.18. The number of aliphatic hydroxyl groups is 4. The van der Waals surface area contributed by atoms with E-state index in [2.05, 4.69) is 0 Å². The van der Waals surface area contributed by atoms with Crippen LogP contribution in [-0.2, 0) is 16.5 Å². The molecule has 186 valence electrons. The number of benzene rings is 4. The molecule has 4 unspecified atom stereocenters. The van der Waals surface area contributed by atoms with Gasteiger partial charge in [-0.15, -0.1) is 0 Å². The van der Waals surface area contributed by atoms with Gasteiger partial charge >= 0.3 is 0 Å². The van der Waals surface area contributed by atoms with E-state index >= 15 is 0 Å². The Morgan fingerprint density at radius 1 is 0.343 bits per heavy atom. The van der Waals surface area contributed by atoms with Crippen molar-refractivity contribution in [2.45, 2.75) is 37.3 Å². The van der Waals surface area contributed by atoms with Crippen molar-refractivity contribution in [2.75, 3.05) is 0 Å². The second kappa shape index (κ2) is 15.3. The van der Waals surface area contributed by atoms with Crippen molar-refractivity contribution in [1.82, 2.24) is 0 Å². The van der Waals surface area contributed by atoms with Crippen LogP contribution in [0.1, 0.15) is 59.5 Å². The van der Waals surface area contributed by atoms with E-state index in [0.29, 0.717) is 12.8 Å². The molecule has 0 amide bonds. The Hall–Kier alpha value is -2.79. The van der Waals surface area contributed by atoms with Gasteiger partial charge in [-0.3, -0.25) is 0 Å². The minimum atomic E-state index is -0.633. The van der Waals surface area contributed by atoms with Crippen molar-refractivity contribution < 1.29 is 36.9 Å².